The van der Waals surface area contributed by atoms with Crippen molar-refractivity contribution < 1.29 is 18.4 Å². The minimum absolute atomic E-state index is 0.202. The van der Waals surface area contributed by atoms with Gasteiger partial charge < -0.3 is 10.6 Å². The van der Waals surface area contributed by atoms with Gasteiger partial charge in [-0.25, -0.2) is 8.78 Å². The minimum atomic E-state index is -1.13. The summed E-state index contributed by atoms with van der Waals surface area (Å²) in [5, 5.41) is 4.89. The van der Waals surface area contributed by atoms with Gasteiger partial charge >= 0.3 is 11.8 Å². The van der Waals surface area contributed by atoms with Gasteiger partial charge in [-0.2, -0.15) is 0 Å². The molecule has 0 fully saturated rings. The first kappa shape index (κ1) is 16.9. The molecule has 2 amide bonds. The number of carbonyl (C=O) groups excluding carboxylic acids is 2. The van der Waals surface area contributed by atoms with Crippen molar-refractivity contribution in [3.8, 4) is 0 Å². The third-order valence-corrected chi connectivity index (χ3v) is 3.27. The highest BCUT2D eigenvalue weighted by Crippen LogP contribution is 2.17. The van der Waals surface area contributed by atoms with Crippen molar-refractivity contribution >= 4 is 29.1 Å². The van der Waals surface area contributed by atoms with Crippen molar-refractivity contribution in [3.63, 3.8) is 0 Å². The zero-order valence-corrected chi connectivity index (χ0v) is 12.7. The first-order valence-electron chi connectivity index (χ1n) is 6.75. The molecule has 0 radical (unpaired) electrons. The quantitative estimate of drug-likeness (QED) is 0.842. The molecule has 0 bridgehead atoms. The van der Waals surface area contributed by atoms with Gasteiger partial charge in [-0.1, -0.05) is 29.8 Å². The Morgan fingerprint density at radius 1 is 0.957 bits per heavy atom. The second kappa shape index (κ2) is 7.69. The topological polar surface area (TPSA) is 58.2 Å². The van der Waals surface area contributed by atoms with E-state index in [1.54, 1.807) is 24.3 Å². The summed E-state index contributed by atoms with van der Waals surface area (Å²) < 4.78 is 26.8. The number of hydrogen-bond donors (Lipinski definition) is 2. The highest BCUT2D eigenvalue weighted by molar-refractivity contribution is 6.39. The molecule has 7 heteroatoms. The zero-order chi connectivity index (χ0) is 16.8. The lowest BCUT2D eigenvalue weighted by molar-refractivity contribution is -0.136. The fourth-order valence-corrected chi connectivity index (χ4v) is 1.97. The van der Waals surface area contributed by atoms with Crippen LogP contribution in [0.1, 0.15) is 5.56 Å². The van der Waals surface area contributed by atoms with Crippen LogP contribution in [0.5, 0.6) is 0 Å². The highest BCUT2D eigenvalue weighted by Gasteiger charge is 2.17. The summed E-state index contributed by atoms with van der Waals surface area (Å²) in [5.74, 6) is -4.01. The Morgan fingerprint density at radius 2 is 1.57 bits per heavy atom. The predicted octanol–water partition coefficient (Wildman–Crippen LogP) is 2.92. The van der Waals surface area contributed by atoms with Gasteiger partial charge in [0.2, 0.25) is 0 Å². The Morgan fingerprint density at radius 3 is 2.17 bits per heavy atom. The molecule has 0 saturated heterocycles. The molecule has 0 unspecified atom stereocenters. The lowest BCUT2D eigenvalue weighted by Crippen LogP contribution is -2.36. The van der Waals surface area contributed by atoms with Crippen LogP contribution in [0, 0.1) is 11.6 Å². The summed E-state index contributed by atoms with van der Waals surface area (Å²) in [7, 11) is 0. The summed E-state index contributed by atoms with van der Waals surface area (Å²) in [4.78, 5) is 23.3. The van der Waals surface area contributed by atoms with Gasteiger partial charge in [0.15, 0.2) is 0 Å². The molecule has 2 aromatic carbocycles. The smallest absolute Gasteiger partial charge is 0.313 e. The number of hydrogen-bond acceptors (Lipinski definition) is 2. The average molecular weight is 339 g/mol. The number of rotatable bonds is 4. The number of carbonyl (C=O) groups is 2. The van der Waals surface area contributed by atoms with Crippen LogP contribution in [0.2, 0.25) is 5.02 Å². The van der Waals surface area contributed by atoms with Crippen molar-refractivity contribution in [1.29, 1.82) is 0 Å². The van der Waals surface area contributed by atoms with E-state index in [2.05, 4.69) is 5.32 Å². The lowest BCUT2D eigenvalue weighted by atomic mass is 10.1. The maximum atomic E-state index is 13.4. The molecule has 0 atom stereocenters. The van der Waals surface area contributed by atoms with Crippen LogP contribution in [0.4, 0.5) is 14.5 Å². The van der Waals surface area contributed by atoms with Crippen molar-refractivity contribution in [2.24, 2.45) is 0 Å². The molecule has 2 rings (SSSR count). The van der Waals surface area contributed by atoms with Crippen molar-refractivity contribution in [3.05, 3.63) is 64.7 Å². The van der Waals surface area contributed by atoms with E-state index >= 15 is 0 Å². The SMILES string of the molecule is O=C(NCCc1ccc(Cl)cc1)C(=O)Nc1c(F)cccc1F. The number of halogens is 3. The Kier molecular flexibility index (Phi) is 5.65. The van der Waals surface area contributed by atoms with Crippen LogP contribution >= 0.6 is 11.6 Å². The van der Waals surface area contributed by atoms with Gasteiger partial charge in [-0.3, -0.25) is 9.59 Å². The van der Waals surface area contributed by atoms with Crippen molar-refractivity contribution in [2.75, 3.05) is 11.9 Å². The molecular weight excluding hydrogens is 326 g/mol. The van der Waals surface area contributed by atoms with E-state index in [0.29, 0.717) is 11.4 Å². The Bertz CT molecular complexity index is 700. The van der Waals surface area contributed by atoms with Crippen molar-refractivity contribution in [2.45, 2.75) is 6.42 Å². The Hall–Kier alpha value is -2.47. The first-order valence-corrected chi connectivity index (χ1v) is 7.13. The molecule has 0 spiro atoms. The van der Waals surface area contributed by atoms with E-state index in [4.69, 9.17) is 11.6 Å². The maximum absolute atomic E-state index is 13.4. The summed E-state index contributed by atoms with van der Waals surface area (Å²) in [5.41, 5.74) is 0.278. The van der Waals surface area contributed by atoms with Crippen LogP contribution < -0.4 is 10.6 Å². The number of benzene rings is 2. The van der Waals surface area contributed by atoms with Crippen LogP contribution in [0.25, 0.3) is 0 Å². The molecule has 23 heavy (non-hydrogen) atoms. The Labute approximate surface area is 136 Å². The van der Waals surface area contributed by atoms with E-state index in [9.17, 15) is 18.4 Å². The predicted molar refractivity (Wildman–Crippen MR) is 83.2 cm³/mol. The second-order valence-corrected chi connectivity index (χ2v) is 5.12. The molecular formula is C16H13ClF2N2O2. The normalized spacial score (nSPS) is 10.2. The summed E-state index contributed by atoms with van der Waals surface area (Å²) in [6.07, 6.45) is 0.490. The van der Waals surface area contributed by atoms with Gasteiger partial charge in [-0.15, -0.1) is 0 Å². The molecule has 0 heterocycles. The first-order chi connectivity index (χ1) is 11.0. The maximum Gasteiger partial charge on any atom is 0.313 e. The third-order valence-electron chi connectivity index (χ3n) is 3.02. The third kappa shape index (κ3) is 4.75. The van der Waals surface area contributed by atoms with Gasteiger partial charge in [0.1, 0.15) is 17.3 Å². The number of amides is 2. The van der Waals surface area contributed by atoms with E-state index in [1.807, 2.05) is 5.32 Å². The molecule has 4 nitrogen and oxygen atoms in total. The molecule has 0 aliphatic heterocycles. The van der Waals surface area contributed by atoms with Crippen LogP contribution in [0.15, 0.2) is 42.5 Å². The van der Waals surface area contributed by atoms with Crippen LogP contribution in [0.3, 0.4) is 0 Å². The van der Waals surface area contributed by atoms with Gasteiger partial charge in [0, 0.05) is 11.6 Å². The van der Waals surface area contributed by atoms with E-state index in [1.165, 1.54) is 0 Å². The fraction of sp³-hybridized carbons (Fsp3) is 0.125. The molecule has 2 aromatic rings. The zero-order valence-electron chi connectivity index (χ0n) is 11.9. The molecule has 2 N–H and O–H groups in total. The minimum Gasteiger partial charge on any atom is -0.347 e. The number of anilines is 1. The molecule has 0 aliphatic rings. The van der Waals surface area contributed by atoms with Gasteiger partial charge in [0.05, 0.1) is 0 Å². The molecule has 0 aliphatic carbocycles. The molecule has 0 saturated carbocycles. The average Bonchev–Trinajstić information content (AvgIpc) is 2.52. The summed E-state index contributed by atoms with van der Waals surface area (Å²) in [6.45, 7) is 0.202. The van der Waals surface area contributed by atoms with Gasteiger partial charge in [-0.05, 0) is 36.2 Å². The van der Waals surface area contributed by atoms with Crippen LogP contribution in [-0.2, 0) is 16.0 Å². The summed E-state index contributed by atoms with van der Waals surface area (Å²) >= 11 is 5.76. The van der Waals surface area contributed by atoms with E-state index in [0.717, 1.165) is 23.8 Å². The molecule has 120 valence electrons. The lowest BCUT2D eigenvalue weighted by Gasteiger charge is -2.08. The van der Waals surface area contributed by atoms with Crippen molar-refractivity contribution in [1.82, 2.24) is 5.32 Å². The van der Waals surface area contributed by atoms with E-state index < -0.39 is 29.1 Å². The van der Waals surface area contributed by atoms with E-state index in [-0.39, 0.29) is 6.54 Å². The van der Waals surface area contributed by atoms with Gasteiger partial charge in [0.25, 0.3) is 0 Å². The second-order valence-electron chi connectivity index (χ2n) is 4.68. The number of para-hydroxylation sites is 1. The summed E-state index contributed by atoms with van der Waals surface area (Å²) in [6, 6.07) is 10.1. The standard InChI is InChI=1S/C16H13ClF2N2O2/c17-11-6-4-10(5-7-11)8-9-20-15(22)16(23)21-14-12(18)2-1-3-13(14)19/h1-7H,8-9H2,(H,20,22)(H,21,23). The largest absolute Gasteiger partial charge is 0.347 e. The fourth-order valence-electron chi connectivity index (χ4n) is 1.84. The monoisotopic (exact) mass is 338 g/mol. The Balaban J connectivity index is 1.85. The highest BCUT2D eigenvalue weighted by atomic mass is 35.5. The molecule has 0 aromatic heterocycles. The number of nitrogens with one attached hydrogen (secondary N) is 2. The van der Waals surface area contributed by atoms with Crippen LogP contribution in [-0.4, -0.2) is 18.4 Å².